The van der Waals surface area contributed by atoms with Crippen molar-refractivity contribution in [2.45, 2.75) is 39.6 Å². The van der Waals surface area contributed by atoms with Gasteiger partial charge in [-0.2, -0.15) is 0 Å². The van der Waals surface area contributed by atoms with Crippen molar-refractivity contribution in [2.75, 3.05) is 11.1 Å². The van der Waals surface area contributed by atoms with Gasteiger partial charge >= 0.3 is 0 Å². The van der Waals surface area contributed by atoms with Crippen LogP contribution in [-0.4, -0.2) is 21.2 Å². The Hall–Kier alpha value is -2.86. The monoisotopic (exact) mass is 407 g/mol. The van der Waals surface area contributed by atoms with E-state index in [0.717, 1.165) is 45.4 Å². The number of thioether (sulfide) groups is 1. The lowest BCUT2D eigenvalue weighted by Gasteiger charge is -2.13. The van der Waals surface area contributed by atoms with Gasteiger partial charge in [-0.25, -0.2) is 4.98 Å². The summed E-state index contributed by atoms with van der Waals surface area (Å²) in [7, 11) is 0. The number of amides is 1. The molecular weight excluding hydrogens is 382 g/mol. The molecule has 0 aliphatic carbocycles. The smallest absolute Gasteiger partial charge is 0.287 e. The van der Waals surface area contributed by atoms with E-state index < -0.39 is 0 Å². The summed E-state index contributed by atoms with van der Waals surface area (Å²) < 4.78 is 1.56. The van der Waals surface area contributed by atoms with Gasteiger partial charge in [0.2, 0.25) is 5.91 Å². The fourth-order valence-electron chi connectivity index (χ4n) is 3.26. The fraction of sp³-hybridized carbons (Fsp3) is 0.261. The number of carbonyl (C=O) groups is 1. The number of aryl methyl sites for hydroxylation is 5. The van der Waals surface area contributed by atoms with Gasteiger partial charge in [-0.15, -0.1) is 0 Å². The van der Waals surface area contributed by atoms with E-state index in [4.69, 9.17) is 0 Å². The highest BCUT2D eigenvalue weighted by Gasteiger charge is 2.12. The number of hydrogen-bond donors (Lipinski definition) is 1. The lowest BCUT2D eigenvalue weighted by atomic mass is 10.1. The van der Waals surface area contributed by atoms with Crippen LogP contribution in [-0.2, 0) is 4.79 Å². The van der Waals surface area contributed by atoms with Gasteiger partial charge in [0, 0.05) is 23.8 Å². The molecule has 1 N–H and O–H groups in total. The lowest BCUT2D eigenvalue weighted by Crippen LogP contribution is -2.22. The normalized spacial score (nSPS) is 10.8. The third-order valence-electron chi connectivity index (χ3n) is 4.86. The number of aromatic nitrogens is 2. The highest BCUT2D eigenvalue weighted by Crippen LogP contribution is 2.22. The molecule has 5 nitrogen and oxygen atoms in total. The van der Waals surface area contributed by atoms with Gasteiger partial charge in [-0.3, -0.25) is 14.2 Å². The van der Waals surface area contributed by atoms with E-state index in [2.05, 4.69) is 10.3 Å². The molecule has 0 aliphatic heterocycles. The van der Waals surface area contributed by atoms with Crippen molar-refractivity contribution >= 4 is 23.4 Å². The minimum absolute atomic E-state index is 0.117. The molecule has 6 heteroatoms. The van der Waals surface area contributed by atoms with Gasteiger partial charge in [-0.1, -0.05) is 35.5 Å². The Balaban J connectivity index is 1.75. The van der Waals surface area contributed by atoms with Crippen LogP contribution in [0.5, 0.6) is 0 Å². The van der Waals surface area contributed by atoms with Gasteiger partial charge in [-0.05, 0) is 69.0 Å². The highest BCUT2D eigenvalue weighted by atomic mass is 32.2. The summed E-state index contributed by atoms with van der Waals surface area (Å²) in [6.07, 6.45) is 3.24. The summed E-state index contributed by atoms with van der Waals surface area (Å²) >= 11 is 1.15. The average molecular weight is 408 g/mol. The Labute approximate surface area is 175 Å². The zero-order valence-corrected chi connectivity index (χ0v) is 18.2. The second-order valence-electron chi connectivity index (χ2n) is 7.29. The van der Waals surface area contributed by atoms with Crippen LogP contribution in [0, 0.1) is 34.6 Å². The number of rotatable bonds is 5. The quantitative estimate of drug-likeness (QED) is 0.632. The molecule has 0 radical (unpaired) electrons. The maximum absolute atomic E-state index is 12.8. The topological polar surface area (TPSA) is 64.0 Å². The maximum Gasteiger partial charge on any atom is 0.287 e. The van der Waals surface area contributed by atoms with Gasteiger partial charge in [0.15, 0.2) is 5.03 Å². The molecule has 2 aromatic carbocycles. The summed E-state index contributed by atoms with van der Waals surface area (Å²) in [6, 6.07) is 9.95. The maximum atomic E-state index is 12.8. The van der Waals surface area contributed by atoms with E-state index in [1.807, 2.05) is 65.0 Å². The first-order valence-corrected chi connectivity index (χ1v) is 10.4. The molecule has 1 aromatic heterocycles. The Morgan fingerprint density at radius 3 is 2.34 bits per heavy atom. The van der Waals surface area contributed by atoms with Crippen molar-refractivity contribution in [3.05, 3.63) is 80.9 Å². The first-order valence-electron chi connectivity index (χ1n) is 9.42. The average Bonchev–Trinajstić information content (AvgIpc) is 2.66. The number of benzene rings is 2. The van der Waals surface area contributed by atoms with Crippen molar-refractivity contribution in [3.8, 4) is 5.69 Å². The number of nitrogens with zero attached hydrogens (tertiary/aromatic N) is 2. The summed E-state index contributed by atoms with van der Waals surface area (Å²) in [6.45, 7) is 10.0. The van der Waals surface area contributed by atoms with Crippen LogP contribution in [0.3, 0.4) is 0 Å². The van der Waals surface area contributed by atoms with E-state index in [1.165, 1.54) is 5.56 Å². The molecule has 29 heavy (non-hydrogen) atoms. The van der Waals surface area contributed by atoms with Gasteiger partial charge in [0.25, 0.3) is 5.56 Å². The largest absolute Gasteiger partial charge is 0.325 e. The highest BCUT2D eigenvalue weighted by molar-refractivity contribution is 7.99. The lowest BCUT2D eigenvalue weighted by molar-refractivity contribution is -0.113. The molecule has 0 spiro atoms. The summed E-state index contributed by atoms with van der Waals surface area (Å²) in [5, 5.41) is 3.26. The Morgan fingerprint density at radius 1 is 1.00 bits per heavy atom. The second kappa shape index (κ2) is 8.66. The zero-order valence-electron chi connectivity index (χ0n) is 17.4. The third-order valence-corrected chi connectivity index (χ3v) is 5.82. The molecule has 0 saturated heterocycles. The van der Waals surface area contributed by atoms with Crippen molar-refractivity contribution in [1.29, 1.82) is 0 Å². The molecule has 150 valence electrons. The van der Waals surface area contributed by atoms with Crippen molar-refractivity contribution in [1.82, 2.24) is 9.55 Å². The van der Waals surface area contributed by atoms with Crippen molar-refractivity contribution < 1.29 is 4.79 Å². The molecule has 1 heterocycles. The minimum Gasteiger partial charge on any atom is -0.325 e. The molecule has 1 amide bonds. The van der Waals surface area contributed by atoms with Gasteiger partial charge in [0.05, 0.1) is 5.75 Å². The van der Waals surface area contributed by atoms with Crippen LogP contribution in [0.1, 0.15) is 27.8 Å². The minimum atomic E-state index is -0.226. The predicted molar refractivity (Wildman–Crippen MR) is 119 cm³/mol. The molecule has 0 atom stereocenters. The number of carbonyl (C=O) groups excluding carboxylic acids is 1. The molecule has 0 fully saturated rings. The van der Waals surface area contributed by atoms with E-state index >= 15 is 0 Å². The Kier molecular flexibility index (Phi) is 6.23. The van der Waals surface area contributed by atoms with Crippen LogP contribution in [0.4, 0.5) is 5.69 Å². The van der Waals surface area contributed by atoms with Crippen LogP contribution >= 0.6 is 11.8 Å². The van der Waals surface area contributed by atoms with Crippen LogP contribution < -0.4 is 10.9 Å². The molecule has 0 bridgehead atoms. The van der Waals surface area contributed by atoms with Gasteiger partial charge < -0.3 is 5.32 Å². The molecule has 0 unspecified atom stereocenters. The molecule has 3 rings (SSSR count). The van der Waals surface area contributed by atoms with E-state index in [0.29, 0.717) is 5.03 Å². The second-order valence-corrected chi connectivity index (χ2v) is 8.25. The third kappa shape index (κ3) is 4.77. The summed E-state index contributed by atoms with van der Waals surface area (Å²) in [5.74, 6) is -0.0424. The van der Waals surface area contributed by atoms with Crippen LogP contribution in [0.15, 0.2) is 52.5 Å². The first-order chi connectivity index (χ1) is 13.8. The fourth-order valence-corrected chi connectivity index (χ4v) is 3.96. The summed E-state index contributed by atoms with van der Waals surface area (Å²) in [5.41, 5.74) is 6.88. The van der Waals surface area contributed by atoms with E-state index in [9.17, 15) is 9.59 Å². The molecule has 3 aromatic rings. The SMILES string of the molecule is Cc1cc(C)c(NC(=O)CSc2nccn(-c3ccc(C)c(C)c3)c2=O)c(C)c1. The first kappa shape index (κ1) is 20.9. The predicted octanol–water partition coefficient (Wildman–Crippen LogP) is 4.51. The number of hydrogen-bond acceptors (Lipinski definition) is 4. The molecule has 0 aliphatic rings. The standard InChI is InChI=1S/C23H25N3O2S/c1-14-10-17(4)21(18(5)11-14)25-20(27)13-29-22-23(28)26(9-8-24-22)19-7-6-15(2)16(3)12-19/h6-12H,13H2,1-5H3,(H,25,27). The van der Waals surface area contributed by atoms with Gasteiger partial charge in [0.1, 0.15) is 0 Å². The molecular formula is C23H25N3O2S. The molecule has 0 saturated carbocycles. The Bertz CT molecular complexity index is 1110. The number of anilines is 1. The zero-order chi connectivity index (χ0) is 21.1. The Morgan fingerprint density at radius 2 is 1.69 bits per heavy atom. The van der Waals surface area contributed by atoms with Crippen molar-refractivity contribution in [2.24, 2.45) is 0 Å². The van der Waals surface area contributed by atoms with E-state index in [-0.39, 0.29) is 17.2 Å². The van der Waals surface area contributed by atoms with Crippen LogP contribution in [0.2, 0.25) is 0 Å². The number of nitrogens with one attached hydrogen (secondary N) is 1. The summed E-state index contributed by atoms with van der Waals surface area (Å²) in [4.78, 5) is 29.5. The van der Waals surface area contributed by atoms with Crippen molar-refractivity contribution in [3.63, 3.8) is 0 Å². The van der Waals surface area contributed by atoms with Crippen LogP contribution in [0.25, 0.3) is 5.69 Å². The van der Waals surface area contributed by atoms with E-state index in [1.54, 1.807) is 17.0 Å².